The maximum absolute atomic E-state index is 12.4. The molecule has 0 bridgehead atoms. The summed E-state index contributed by atoms with van der Waals surface area (Å²) in [6.45, 7) is 1.54. The SMILES string of the molecule is O=C(NCC1CCCN1)C1CC1c1ccccc1OC(F)(F)F. The highest BCUT2D eigenvalue weighted by atomic mass is 19.4. The van der Waals surface area contributed by atoms with Crippen molar-refractivity contribution in [3.63, 3.8) is 0 Å². The number of benzene rings is 1. The molecule has 23 heavy (non-hydrogen) atoms. The van der Waals surface area contributed by atoms with Crippen LogP contribution in [-0.4, -0.2) is 31.4 Å². The number of halogens is 3. The molecular weight excluding hydrogens is 309 g/mol. The van der Waals surface area contributed by atoms with E-state index in [-0.39, 0.29) is 23.5 Å². The smallest absolute Gasteiger partial charge is 0.405 e. The van der Waals surface area contributed by atoms with Crippen molar-refractivity contribution < 1.29 is 22.7 Å². The van der Waals surface area contributed by atoms with Crippen LogP contribution in [0.4, 0.5) is 13.2 Å². The molecule has 2 aliphatic rings. The van der Waals surface area contributed by atoms with Gasteiger partial charge in [0, 0.05) is 18.5 Å². The number of rotatable bonds is 5. The van der Waals surface area contributed by atoms with Crippen LogP contribution in [0.2, 0.25) is 0 Å². The normalized spacial score (nSPS) is 26.8. The summed E-state index contributed by atoms with van der Waals surface area (Å²) >= 11 is 0. The van der Waals surface area contributed by atoms with Gasteiger partial charge >= 0.3 is 6.36 Å². The summed E-state index contributed by atoms with van der Waals surface area (Å²) < 4.78 is 41.4. The van der Waals surface area contributed by atoms with Gasteiger partial charge in [-0.05, 0) is 43.4 Å². The molecule has 1 aliphatic carbocycles. The van der Waals surface area contributed by atoms with Crippen LogP contribution in [0, 0.1) is 5.92 Å². The number of nitrogens with one attached hydrogen (secondary N) is 2. The van der Waals surface area contributed by atoms with E-state index >= 15 is 0 Å². The van der Waals surface area contributed by atoms with Crippen LogP contribution in [0.3, 0.4) is 0 Å². The van der Waals surface area contributed by atoms with E-state index < -0.39 is 6.36 Å². The molecule has 126 valence electrons. The van der Waals surface area contributed by atoms with E-state index in [1.807, 2.05) is 0 Å². The van der Waals surface area contributed by atoms with Gasteiger partial charge < -0.3 is 15.4 Å². The first-order chi connectivity index (χ1) is 10.9. The van der Waals surface area contributed by atoms with Crippen LogP contribution in [0.15, 0.2) is 24.3 Å². The highest BCUT2D eigenvalue weighted by molar-refractivity contribution is 5.83. The van der Waals surface area contributed by atoms with Crippen molar-refractivity contribution in [2.75, 3.05) is 13.1 Å². The highest BCUT2D eigenvalue weighted by Crippen LogP contribution is 2.51. The third-order valence-electron chi connectivity index (χ3n) is 4.36. The lowest BCUT2D eigenvalue weighted by Crippen LogP contribution is -2.38. The van der Waals surface area contributed by atoms with Crippen molar-refractivity contribution in [1.82, 2.24) is 10.6 Å². The molecule has 1 saturated carbocycles. The topological polar surface area (TPSA) is 50.4 Å². The molecule has 7 heteroatoms. The van der Waals surface area contributed by atoms with E-state index in [0.29, 0.717) is 24.6 Å². The maximum Gasteiger partial charge on any atom is 0.573 e. The first kappa shape index (κ1) is 16.1. The van der Waals surface area contributed by atoms with E-state index in [9.17, 15) is 18.0 Å². The molecule has 3 rings (SSSR count). The van der Waals surface area contributed by atoms with E-state index in [0.717, 1.165) is 19.4 Å². The first-order valence-electron chi connectivity index (χ1n) is 7.80. The average molecular weight is 328 g/mol. The molecular formula is C16H19F3N2O2. The Morgan fingerprint density at radius 3 is 2.83 bits per heavy atom. The Labute approximate surface area is 132 Å². The molecule has 0 aromatic heterocycles. The molecule has 2 N–H and O–H groups in total. The second-order valence-corrected chi connectivity index (χ2v) is 6.07. The fourth-order valence-corrected chi connectivity index (χ4v) is 3.12. The molecule has 1 aromatic carbocycles. The number of carbonyl (C=O) groups excluding carboxylic acids is 1. The molecule has 1 amide bonds. The van der Waals surface area contributed by atoms with Crippen LogP contribution in [-0.2, 0) is 4.79 Å². The van der Waals surface area contributed by atoms with Crippen LogP contribution in [0.5, 0.6) is 5.75 Å². The Morgan fingerprint density at radius 1 is 1.35 bits per heavy atom. The fraction of sp³-hybridized carbons (Fsp3) is 0.562. The molecule has 3 atom stereocenters. The van der Waals surface area contributed by atoms with Crippen LogP contribution < -0.4 is 15.4 Å². The van der Waals surface area contributed by atoms with Crippen molar-refractivity contribution in [3.8, 4) is 5.75 Å². The number of hydrogen-bond donors (Lipinski definition) is 2. The molecule has 0 radical (unpaired) electrons. The second-order valence-electron chi connectivity index (χ2n) is 6.07. The Morgan fingerprint density at radius 2 is 2.13 bits per heavy atom. The van der Waals surface area contributed by atoms with E-state index in [4.69, 9.17) is 0 Å². The van der Waals surface area contributed by atoms with Gasteiger partial charge in [-0.1, -0.05) is 18.2 Å². The predicted molar refractivity (Wildman–Crippen MR) is 78.0 cm³/mol. The minimum absolute atomic E-state index is 0.0921. The van der Waals surface area contributed by atoms with Crippen molar-refractivity contribution in [1.29, 1.82) is 0 Å². The van der Waals surface area contributed by atoms with Gasteiger partial charge in [-0.2, -0.15) is 0 Å². The minimum Gasteiger partial charge on any atom is -0.405 e. The Bertz CT molecular complexity index is 571. The highest BCUT2D eigenvalue weighted by Gasteiger charge is 2.46. The van der Waals surface area contributed by atoms with Gasteiger partial charge in [0.1, 0.15) is 5.75 Å². The van der Waals surface area contributed by atoms with Gasteiger partial charge in [-0.15, -0.1) is 13.2 Å². The van der Waals surface area contributed by atoms with Crippen molar-refractivity contribution >= 4 is 5.91 Å². The lowest BCUT2D eigenvalue weighted by molar-refractivity contribution is -0.274. The molecule has 4 nitrogen and oxygen atoms in total. The zero-order valence-corrected chi connectivity index (χ0v) is 12.5. The van der Waals surface area contributed by atoms with Crippen LogP contribution >= 0.6 is 0 Å². The lowest BCUT2D eigenvalue weighted by Gasteiger charge is -2.14. The maximum atomic E-state index is 12.4. The Hall–Kier alpha value is -1.76. The van der Waals surface area contributed by atoms with Gasteiger partial charge in [0.15, 0.2) is 0 Å². The molecule has 1 heterocycles. The van der Waals surface area contributed by atoms with Crippen molar-refractivity contribution in [3.05, 3.63) is 29.8 Å². The van der Waals surface area contributed by atoms with Gasteiger partial charge in [-0.3, -0.25) is 4.79 Å². The van der Waals surface area contributed by atoms with Crippen molar-refractivity contribution in [2.24, 2.45) is 5.92 Å². The second kappa shape index (κ2) is 6.39. The van der Waals surface area contributed by atoms with Gasteiger partial charge in [-0.25, -0.2) is 0 Å². The number of para-hydroxylation sites is 1. The van der Waals surface area contributed by atoms with Crippen LogP contribution in [0.25, 0.3) is 0 Å². The predicted octanol–water partition coefficient (Wildman–Crippen LogP) is 2.56. The van der Waals surface area contributed by atoms with E-state index in [2.05, 4.69) is 15.4 Å². The van der Waals surface area contributed by atoms with E-state index in [1.54, 1.807) is 12.1 Å². The molecule has 3 unspecified atom stereocenters. The Balaban J connectivity index is 1.58. The molecule has 0 spiro atoms. The molecule has 1 aromatic rings. The van der Waals surface area contributed by atoms with E-state index in [1.165, 1.54) is 12.1 Å². The summed E-state index contributed by atoms with van der Waals surface area (Å²) in [5, 5.41) is 6.18. The monoisotopic (exact) mass is 328 g/mol. The summed E-state index contributed by atoms with van der Waals surface area (Å²) in [5.74, 6) is -0.775. The number of alkyl halides is 3. The van der Waals surface area contributed by atoms with Crippen LogP contribution in [0.1, 0.15) is 30.7 Å². The lowest BCUT2D eigenvalue weighted by atomic mass is 10.1. The third-order valence-corrected chi connectivity index (χ3v) is 4.36. The summed E-state index contributed by atoms with van der Waals surface area (Å²) in [4.78, 5) is 12.1. The first-order valence-corrected chi connectivity index (χ1v) is 7.80. The van der Waals surface area contributed by atoms with Gasteiger partial charge in [0.25, 0.3) is 0 Å². The number of hydrogen-bond acceptors (Lipinski definition) is 3. The number of carbonyl (C=O) groups is 1. The summed E-state index contributed by atoms with van der Waals surface area (Å²) in [6, 6.07) is 6.34. The quantitative estimate of drug-likeness (QED) is 0.873. The fourth-order valence-electron chi connectivity index (χ4n) is 3.12. The zero-order chi connectivity index (χ0) is 16.4. The number of amides is 1. The molecule has 2 fully saturated rings. The zero-order valence-electron chi connectivity index (χ0n) is 12.5. The third kappa shape index (κ3) is 4.16. The van der Waals surface area contributed by atoms with Gasteiger partial charge in [0.05, 0.1) is 0 Å². The molecule has 1 saturated heterocycles. The summed E-state index contributed by atoms with van der Waals surface area (Å²) in [6.07, 6.45) is -2.02. The number of ether oxygens (including phenoxy) is 1. The summed E-state index contributed by atoms with van der Waals surface area (Å²) in [5.41, 5.74) is 0.448. The molecule has 1 aliphatic heterocycles. The van der Waals surface area contributed by atoms with Crippen molar-refractivity contribution in [2.45, 2.75) is 37.6 Å². The largest absolute Gasteiger partial charge is 0.573 e. The summed E-state index contributed by atoms with van der Waals surface area (Å²) in [7, 11) is 0. The minimum atomic E-state index is -4.73. The average Bonchev–Trinajstić information content (AvgIpc) is 3.10. The standard InChI is InChI=1S/C16H19F3N2O2/c17-16(18,19)23-14-6-2-1-5-11(14)12-8-13(12)15(22)21-9-10-4-3-7-20-10/h1-2,5-6,10,12-13,20H,3-4,7-9H2,(H,21,22). The van der Waals surface area contributed by atoms with Gasteiger partial charge in [0.2, 0.25) is 5.91 Å². The Kier molecular flexibility index (Phi) is 4.48.